The SMILES string of the molecule is Cc1ccccc1C(=O)Nc1ccc(N2CCN(C=O)CC2)cc1. The zero-order chi connectivity index (χ0) is 16.9. The lowest BCUT2D eigenvalue weighted by atomic mass is 10.1. The number of carbonyl (C=O) groups excluding carboxylic acids is 2. The third kappa shape index (κ3) is 3.56. The molecule has 24 heavy (non-hydrogen) atoms. The van der Waals surface area contributed by atoms with Gasteiger partial charge < -0.3 is 15.1 Å². The molecule has 124 valence electrons. The first-order chi connectivity index (χ1) is 11.7. The van der Waals surface area contributed by atoms with E-state index >= 15 is 0 Å². The highest BCUT2D eigenvalue weighted by atomic mass is 16.1. The van der Waals surface area contributed by atoms with Gasteiger partial charge in [0.1, 0.15) is 0 Å². The number of hydrogen-bond acceptors (Lipinski definition) is 3. The quantitative estimate of drug-likeness (QED) is 0.880. The van der Waals surface area contributed by atoms with Gasteiger partial charge in [-0.05, 0) is 42.8 Å². The minimum atomic E-state index is -0.0968. The van der Waals surface area contributed by atoms with Gasteiger partial charge in [0, 0.05) is 43.1 Å². The minimum Gasteiger partial charge on any atom is -0.368 e. The maximum absolute atomic E-state index is 12.3. The number of nitrogens with one attached hydrogen (secondary N) is 1. The fourth-order valence-electron chi connectivity index (χ4n) is 2.87. The number of aryl methyl sites for hydroxylation is 1. The van der Waals surface area contributed by atoms with Crippen LogP contribution >= 0.6 is 0 Å². The zero-order valence-corrected chi connectivity index (χ0v) is 13.7. The Morgan fingerprint density at radius 1 is 1.00 bits per heavy atom. The molecule has 5 heteroatoms. The van der Waals surface area contributed by atoms with E-state index in [1.165, 1.54) is 0 Å². The molecule has 1 aliphatic rings. The number of hydrogen-bond donors (Lipinski definition) is 1. The van der Waals surface area contributed by atoms with E-state index in [1.54, 1.807) is 4.90 Å². The van der Waals surface area contributed by atoms with Crippen LogP contribution in [-0.4, -0.2) is 43.4 Å². The van der Waals surface area contributed by atoms with Gasteiger partial charge in [-0.2, -0.15) is 0 Å². The van der Waals surface area contributed by atoms with Gasteiger partial charge in [0.25, 0.3) is 5.91 Å². The van der Waals surface area contributed by atoms with E-state index in [0.29, 0.717) is 5.56 Å². The van der Waals surface area contributed by atoms with Crippen molar-refractivity contribution in [3.8, 4) is 0 Å². The number of piperazine rings is 1. The van der Waals surface area contributed by atoms with Crippen molar-refractivity contribution in [1.82, 2.24) is 4.90 Å². The van der Waals surface area contributed by atoms with Crippen molar-refractivity contribution in [2.45, 2.75) is 6.92 Å². The zero-order valence-electron chi connectivity index (χ0n) is 13.7. The van der Waals surface area contributed by atoms with E-state index in [0.717, 1.165) is 49.5 Å². The number of anilines is 2. The maximum Gasteiger partial charge on any atom is 0.255 e. The molecule has 2 aromatic rings. The molecule has 0 spiro atoms. The number of rotatable bonds is 4. The first-order valence-electron chi connectivity index (χ1n) is 8.09. The Bertz CT molecular complexity index is 720. The Kier molecular flexibility index (Phi) is 4.79. The van der Waals surface area contributed by atoms with Crippen molar-refractivity contribution in [3.63, 3.8) is 0 Å². The van der Waals surface area contributed by atoms with Crippen molar-refractivity contribution in [3.05, 3.63) is 59.7 Å². The van der Waals surface area contributed by atoms with E-state index in [-0.39, 0.29) is 5.91 Å². The predicted octanol–water partition coefficient (Wildman–Crippen LogP) is 2.53. The second kappa shape index (κ2) is 7.17. The molecule has 1 heterocycles. The van der Waals surface area contributed by atoms with Crippen LogP contribution in [0, 0.1) is 6.92 Å². The summed E-state index contributed by atoms with van der Waals surface area (Å²) in [6, 6.07) is 15.4. The molecule has 0 atom stereocenters. The van der Waals surface area contributed by atoms with Gasteiger partial charge in [-0.3, -0.25) is 9.59 Å². The smallest absolute Gasteiger partial charge is 0.255 e. The van der Waals surface area contributed by atoms with E-state index in [9.17, 15) is 9.59 Å². The summed E-state index contributed by atoms with van der Waals surface area (Å²) in [5.74, 6) is -0.0968. The third-order valence-corrected chi connectivity index (χ3v) is 4.34. The maximum atomic E-state index is 12.3. The van der Waals surface area contributed by atoms with Gasteiger partial charge in [0.2, 0.25) is 6.41 Å². The van der Waals surface area contributed by atoms with Gasteiger partial charge in [0.15, 0.2) is 0 Å². The van der Waals surface area contributed by atoms with E-state index in [4.69, 9.17) is 0 Å². The first-order valence-corrected chi connectivity index (χ1v) is 8.09. The molecule has 5 nitrogen and oxygen atoms in total. The van der Waals surface area contributed by atoms with Crippen molar-refractivity contribution < 1.29 is 9.59 Å². The Labute approximate surface area is 141 Å². The highest BCUT2D eigenvalue weighted by molar-refractivity contribution is 6.05. The summed E-state index contributed by atoms with van der Waals surface area (Å²) in [5.41, 5.74) is 3.53. The van der Waals surface area contributed by atoms with Gasteiger partial charge in [0.05, 0.1) is 0 Å². The summed E-state index contributed by atoms with van der Waals surface area (Å²) >= 11 is 0. The molecule has 1 fully saturated rings. The fraction of sp³-hybridized carbons (Fsp3) is 0.263. The third-order valence-electron chi connectivity index (χ3n) is 4.34. The van der Waals surface area contributed by atoms with Crippen molar-refractivity contribution in [1.29, 1.82) is 0 Å². The second-order valence-corrected chi connectivity index (χ2v) is 5.94. The summed E-state index contributed by atoms with van der Waals surface area (Å²) < 4.78 is 0. The van der Waals surface area contributed by atoms with Crippen molar-refractivity contribution in [2.75, 3.05) is 36.4 Å². The molecule has 2 amide bonds. The molecule has 1 N–H and O–H groups in total. The lowest BCUT2D eigenvalue weighted by molar-refractivity contribution is -0.118. The topological polar surface area (TPSA) is 52.7 Å². The van der Waals surface area contributed by atoms with Crippen LogP contribution in [0.15, 0.2) is 48.5 Å². The van der Waals surface area contributed by atoms with Gasteiger partial charge in [-0.15, -0.1) is 0 Å². The van der Waals surface area contributed by atoms with Crippen LogP contribution in [0.4, 0.5) is 11.4 Å². The van der Waals surface area contributed by atoms with E-state index in [1.807, 2.05) is 55.5 Å². The molecular formula is C19H21N3O2. The molecule has 0 aromatic heterocycles. The number of benzene rings is 2. The molecular weight excluding hydrogens is 302 g/mol. The minimum absolute atomic E-state index is 0.0968. The summed E-state index contributed by atoms with van der Waals surface area (Å²) in [5, 5.41) is 2.93. The molecule has 3 rings (SSSR count). The van der Waals surface area contributed by atoms with Crippen LogP contribution in [0.2, 0.25) is 0 Å². The predicted molar refractivity (Wildman–Crippen MR) is 95.4 cm³/mol. The molecule has 0 aliphatic carbocycles. The molecule has 1 saturated heterocycles. The van der Waals surface area contributed by atoms with Crippen LogP contribution in [0.5, 0.6) is 0 Å². The van der Waals surface area contributed by atoms with Crippen LogP contribution in [0.1, 0.15) is 15.9 Å². The highest BCUT2D eigenvalue weighted by Crippen LogP contribution is 2.20. The van der Waals surface area contributed by atoms with Gasteiger partial charge in [-0.1, -0.05) is 18.2 Å². The Hall–Kier alpha value is -2.82. The molecule has 1 aliphatic heterocycles. The normalized spacial score (nSPS) is 14.4. The number of nitrogens with zero attached hydrogens (tertiary/aromatic N) is 2. The largest absolute Gasteiger partial charge is 0.368 e. The van der Waals surface area contributed by atoms with Crippen LogP contribution in [0.25, 0.3) is 0 Å². The average Bonchev–Trinajstić information content (AvgIpc) is 2.63. The molecule has 0 unspecified atom stereocenters. The van der Waals surface area contributed by atoms with E-state index < -0.39 is 0 Å². The Morgan fingerprint density at radius 3 is 2.29 bits per heavy atom. The van der Waals surface area contributed by atoms with Crippen LogP contribution in [-0.2, 0) is 4.79 Å². The lowest BCUT2D eigenvalue weighted by Crippen LogP contribution is -2.45. The molecule has 2 aromatic carbocycles. The monoisotopic (exact) mass is 323 g/mol. The molecule has 0 radical (unpaired) electrons. The number of carbonyl (C=O) groups is 2. The van der Waals surface area contributed by atoms with Crippen molar-refractivity contribution in [2.24, 2.45) is 0 Å². The van der Waals surface area contributed by atoms with Crippen LogP contribution in [0.3, 0.4) is 0 Å². The lowest BCUT2D eigenvalue weighted by Gasteiger charge is -2.34. The van der Waals surface area contributed by atoms with E-state index in [2.05, 4.69) is 10.2 Å². The Balaban J connectivity index is 1.64. The fourth-order valence-corrected chi connectivity index (χ4v) is 2.87. The summed E-state index contributed by atoms with van der Waals surface area (Å²) in [7, 11) is 0. The average molecular weight is 323 g/mol. The summed E-state index contributed by atoms with van der Waals surface area (Å²) in [6.07, 6.45) is 0.904. The molecule has 0 bridgehead atoms. The highest BCUT2D eigenvalue weighted by Gasteiger charge is 2.15. The van der Waals surface area contributed by atoms with Gasteiger partial charge >= 0.3 is 0 Å². The van der Waals surface area contributed by atoms with Gasteiger partial charge in [-0.25, -0.2) is 0 Å². The number of amides is 2. The summed E-state index contributed by atoms with van der Waals surface area (Å²) in [4.78, 5) is 27.1. The first kappa shape index (κ1) is 16.1. The standard InChI is InChI=1S/C19H21N3O2/c1-15-4-2-3-5-18(15)19(24)20-16-6-8-17(9-7-16)22-12-10-21(14-23)11-13-22/h2-9,14H,10-13H2,1H3,(H,20,24). The molecule has 0 saturated carbocycles. The second-order valence-electron chi connectivity index (χ2n) is 5.94. The van der Waals surface area contributed by atoms with Crippen LogP contribution < -0.4 is 10.2 Å². The summed E-state index contributed by atoms with van der Waals surface area (Å²) in [6.45, 7) is 5.07. The Morgan fingerprint density at radius 2 is 1.67 bits per heavy atom. The van der Waals surface area contributed by atoms with Crippen molar-refractivity contribution >= 4 is 23.7 Å².